The van der Waals surface area contributed by atoms with Crippen LogP contribution in [0, 0.1) is 0 Å². The Balaban J connectivity index is 2.87. The van der Waals surface area contributed by atoms with Crippen LogP contribution in [0.5, 0.6) is 0 Å². The summed E-state index contributed by atoms with van der Waals surface area (Å²) in [6.45, 7) is 2.19. The molecule has 0 amide bonds. The van der Waals surface area contributed by atoms with Gasteiger partial charge in [-0.05, 0) is 28.9 Å². The Hall–Kier alpha value is -0.770. The molecule has 0 saturated heterocycles. The standard InChI is InChI=1S/C8H10BrNO2/c1-3-12-8(11)7-4-6(9)5-10(7)2/h4-5H,3H2,1-2H3. The van der Waals surface area contributed by atoms with E-state index >= 15 is 0 Å². The Labute approximate surface area is 79.5 Å². The first kappa shape index (κ1) is 9.32. The van der Waals surface area contributed by atoms with E-state index < -0.39 is 0 Å². The molecule has 1 rings (SSSR count). The van der Waals surface area contributed by atoms with Crippen molar-refractivity contribution >= 4 is 21.9 Å². The number of aryl methyl sites for hydroxylation is 1. The Morgan fingerprint density at radius 1 is 1.75 bits per heavy atom. The lowest BCUT2D eigenvalue weighted by molar-refractivity contribution is 0.0515. The molecule has 0 saturated carbocycles. The smallest absolute Gasteiger partial charge is 0.354 e. The summed E-state index contributed by atoms with van der Waals surface area (Å²) in [5.41, 5.74) is 0.559. The van der Waals surface area contributed by atoms with Crippen LogP contribution in [0.2, 0.25) is 0 Å². The zero-order chi connectivity index (χ0) is 9.14. The lowest BCUT2D eigenvalue weighted by atomic mass is 10.4. The van der Waals surface area contributed by atoms with Gasteiger partial charge in [0.1, 0.15) is 5.69 Å². The number of esters is 1. The fourth-order valence-corrected chi connectivity index (χ4v) is 1.46. The second-order valence-electron chi connectivity index (χ2n) is 2.37. The highest BCUT2D eigenvalue weighted by molar-refractivity contribution is 9.10. The number of ether oxygens (including phenoxy) is 1. The third-order valence-corrected chi connectivity index (χ3v) is 1.89. The summed E-state index contributed by atoms with van der Waals surface area (Å²) in [5, 5.41) is 0. The fraction of sp³-hybridized carbons (Fsp3) is 0.375. The number of carbonyl (C=O) groups is 1. The van der Waals surface area contributed by atoms with Crippen LogP contribution in [0.1, 0.15) is 17.4 Å². The molecule has 0 fully saturated rings. The fourth-order valence-electron chi connectivity index (χ4n) is 0.932. The number of hydrogen-bond acceptors (Lipinski definition) is 2. The minimum Gasteiger partial charge on any atom is -0.461 e. The van der Waals surface area contributed by atoms with Crippen molar-refractivity contribution in [1.82, 2.24) is 4.57 Å². The topological polar surface area (TPSA) is 31.2 Å². The first-order valence-electron chi connectivity index (χ1n) is 3.64. The summed E-state index contributed by atoms with van der Waals surface area (Å²) in [6, 6.07) is 1.73. The highest BCUT2D eigenvalue weighted by atomic mass is 79.9. The Bertz CT molecular complexity index is 293. The number of halogens is 1. The highest BCUT2D eigenvalue weighted by Crippen LogP contribution is 2.14. The van der Waals surface area contributed by atoms with Crippen molar-refractivity contribution in [3.05, 3.63) is 22.4 Å². The van der Waals surface area contributed by atoms with E-state index in [9.17, 15) is 4.79 Å². The molecule has 12 heavy (non-hydrogen) atoms. The summed E-state index contributed by atoms with van der Waals surface area (Å²) in [7, 11) is 1.80. The lowest BCUT2D eigenvalue weighted by Gasteiger charge is -2.01. The zero-order valence-electron chi connectivity index (χ0n) is 7.00. The van der Waals surface area contributed by atoms with E-state index in [0.717, 1.165) is 4.47 Å². The van der Waals surface area contributed by atoms with Gasteiger partial charge in [-0.25, -0.2) is 4.79 Å². The molecule has 0 unspecified atom stereocenters. The molecular formula is C8H10BrNO2. The average molecular weight is 232 g/mol. The van der Waals surface area contributed by atoms with E-state index in [-0.39, 0.29) is 5.97 Å². The monoisotopic (exact) mass is 231 g/mol. The van der Waals surface area contributed by atoms with Crippen LogP contribution in [-0.2, 0) is 11.8 Å². The van der Waals surface area contributed by atoms with Gasteiger partial charge in [0.05, 0.1) is 6.61 Å². The predicted octanol–water partition coefficient (Wildman–Crippen LogP) is 1.96. The maximum atomic E-state index is 11.2. The Kier molecular flexibility index (Phi) is 2.92. The summed E-state index contributed by atoms with van der Waals surface area (Å²) < 4.78 is 7.45. The molecule has 0 aliphatic carbocycles. The van der Waals surface area contributed by atoms with Crippen LogP contribution in [0.4, 0.5) is 0 Å². The maximum absolute atomic E-state index is 11.2. The Morgan fingerprint density at radius 3 is 2.83 bits per heavy atom. The molecule has 0 radical (unpaired) electrons. The van der Waals surface area contributed by atoms with Gasteiger partial charge in [0.25, 0.3) is 0 Å². The van der Waals surface area contributed by atoms with E-state index in [2.05, 4.69) is 15.9 Å². The SMILES string of the molecule is CCOC(=O)c1cc(Br)cn1C. The minimum absolute atomic E-state index is 0.286. The van der Waals surface area contributed by atoms with Gasteiger partial charge in [0.2, 0.25) is 0 Å². The zero-order valence-corrected chi connectivity index (χ0v) is 8.59. The summed E-state index contributed by atoms with van der Waals surface area (Å²) in [4.78, 5) is 11.2. The molecule has 0 atom stereocenters. The van der Waals surface area contributed by atoms with Crippen LogP contribution in [0.15, 0.2) is 16.7 Å². The number of aromatic nitrogens is 1. The number of rotatable bonds is 2. The van der Waals surface area contributed by atoms with Gasteiger partial charge in [0.15, 0.2) is 0 Å². The van der Waals surface area contributed by atoms with Crippen molar-refractivity contribution in [3.63, 3.8) is 0 Å². The maximum Gasteiger partial charge on any atom is 0.354 e. The third kappa shape index (κ3) is 1.88. The van der Waals surface area contributed by atoms with Crippen molar-refractivity contribution < 1.29 is 9.53 Å². The first-order valence-corrected chi connectivity index (χ1v) is 4.43. The molecule has 66 valence electrons. The molecule has 0 N–H and O–H groups in total. The van der Waals surface area contributed by atoms with Gasteiger partial charge in [-0.3, -0.25) is 0 Å². The van der Waals surface area contributed by atoms with E-state index in [0.29, 0.717) is 12.3 Å². The molecular weight excluding hydrogens is 222 g/mol. The molecule has 1 aromatic rings. The number of nitrogens with zero attached hydrogens (tertiary/aromatic N) is 1. The molecule has 3 nitrogen and oxygen atoms in total. The highest BCUT2D eigenvalue weighted by Gasteiger charge is 2.10. The van der Waals surface area contributed by atoms with Gasteiger partial charge in [-0.15, -0.1) is 0 Å². The van der Waals surface area contributed by atoms with Crippen molar-refractivity contribution in [3.8, 4) is 0 Å². The van der Waals surface area contributed by atoms with E-state index in [1.165, 1.54) is 0 Å². The third-order valence-electron chi connectivity index (χ3n) is 1.46. The molecule has 0 aliphatic heterocycles. The van der Waals surface area contributed by atoms with Crippen LogP contribution in [0.25, 0.3) is 0 Å². The van der Waals surface area contributed by atoms with Gasteiger partial charge >= 0.3 is 5.97 Å². The molecule has 1 aromatic heterocycles. The first-order chi connectivity index (χ1) is 5.65. The lowest BCUT2D eigenvalue weighted by Crippen LogP contribution is -2.08. The van der Waals surface area contributed by atoms with Gasteiger partial charge in [-0.1, -0.05) is 0 Å². The van der Waals surface area contributed by atoms with Crippen molar-refractivity contribution in [2.75, 3.05) is 6.61 Å². The van der Waals surface area contributed by atoms with Gasteiger partial charge in [0, 0.05) is 17.7 Å². The van der Waals surface area contributed by atoms with E-state index in [1.54, 1.807) is 24.6 Å². The minimum atomic E-state index is -0.286. The summed E-state index contributed by atoms with van der Waals surface area (Å²) >= 11 is 3.27. The molecule has 4 heteroatoms. The normalized spacial score (nSPS) is 9.92. The van der Waals surface area contributed by atoms with Crippen molar-refractivity contribution in [2.45, 2.75) is 6.92 Å². The van der Waals surface area contributed by atoms with E-state index in [4.69, 9.17) is 4.74 Å². The Morgan fingerprint density at radius 2 is 2.42 bits per heavy atom. The molecule has 0 aromatic carbocycles. The number of carbonyl (C=O) groups excluding carboxylic acids is 1. The molecule has 0 bridgehead atoms. The second-order valence-corrected chi connectivity index (χ2v) is 3.29. The van der Waals surface area contributed by atoms with Gasteiger partial charge < -0.3 is 9.30 Å². The predicted molar refractivity (Wildman–Crippen MR) is 49.1 cm³/mol. The molecule has 0 spiro atoms. The molecule has 0 aliphatic rings. The van der Waals surface area contributed by atoms with Crippen molar-refractivity contribution in [2.24, 2.45) is 7.05 Å². The second kappa shape index (κ2) is 3.76. The van der Waals surface area contributed by atoms with Crippen molar-refractivity contribution in [1.29, 1.82) is 0 Å². The van der Waals surface area contributed by atoms with E-state index in [1.807, 2.05) is 6.20 Å². The van der Waals surface area contributed by atoms with Gasteiger partial charge in [-0.2, -0.15) is 0 Å². The molecule has 1 heterocycles. The quantitative estimate of drug-likeness (QED) is 0.730. The summed E-state index contributed by atoms with van der Waals surface area (Å²) in [6.07, 6.45) is 1.81. The number of hydrogen-bond donors (Lipinski definition) is 0. The average Bonchev–Trinajstić information content (AvgIpc) is 2.30. The van der Waals surface area contributed by atoms with Crippen LogP contribution >= 0.6 is 15.9 Å². The summed E-state index contributed by atoms with van der Waals surface area (Å²) in [5.74, 6) is -0.286. The largest absolute Gasteiger partial charge is 0.461 e. The van der Waals surface area contributed by atoms with Crippen LogP contribution in [0.3, 0.4) is 0 Å². The van der Waals surface area contributed by atoms with Crippen LogP contribution in [-0.4, -0.2) is 17.1 Å². The van der Waals surface area contributed by atoms with Crippen LogP contribution < -0.4 is 0 Å².